The maximum Gasteiger partial charge on any atom is 0.191 e. The summed E-state index contributed by atoms with van der Waals surface area (Å²) in [5, 5.41) is 6.64. The summed E-state index contributed by atoms with van der Waals surface area (Å²) in [7, 11) is 7.55. The van der Waals surface area contributed by atoms with E-state index in [1.165, 1.54) is 0 Å². The third kappa shape index (κ3) is 8.13. The van der Waals surface area contributed by atoms with Crippen LogP contribution in [0, 0.1) is 0 Å². The molecule has 0 aliphatic rings. The third-order valence-corrected chi connectivity index (χ3v) is 4.08. The Kier molecular flexibility index (Phi) is 10.8. The molecule has 2 N–H and O–H groups in total. The number of methoxy groups -OCH3 is 1. The van der Waals surface area contributed by atoms with E-state index in [2.05, 4.69) is 48.5 Å². The fraction of sp³-hybridized carbons (Fsp3) is 0.611. The first-order valence-electron chi connectivity index (χ1n) is 8.21. The standard InChI is InChI=1S/C18H32N4O2.HI/c1-14(24-16-11-9-8-10-15(16)23-7)12-20-17(19-4)21-13-18(2,3)22(5)6;/h8-11,14H,12-13H2,1-7H3,(H2,19,20,21);1H. The highest BCUT2D eigenvalue weighted by Gasteiger charge is 2.20. The van der Waals surface area contributed by atoms with E-state index in [0.29, 0.717) is 6.54 Å². The van der Waals surface area contributed by atoms with Gasteiger partial charge < -0.3 is 25.0 Å². The lowest BCUT2D eigenvalue weighted by molar-refractivity contribution is 0.196. The molecule has 144 valence electrons. The van der Waals surface area contributed by atoms with Gasteiger partial charge in [-0.3, -0.25) is 4.99 Å². The number of para-hydroxylation sites is 2. The Morgan fingerprint density at radius 2 is 1.80 bits per heavy atom. The van der Waals surface area contributed by atoms with Crippen LogP contribution in [0.1, 0.15) is 20.8 Å². The minimum absolute atomic E-state index is 0. The van der Waals surface area contributed by atoms with Crippen molar-refractivity contribution in [3.05, 3.63) is 24.3 Å². The summed E-state index contributed by atoms with van der Waals surface area (Å²) >= 11 is 0. The summed E-state index contributed by atoms with van der Waals surface area (Å²) in [6.07, 6.45) is -0.0262. The number of hydrogen-bond acceptors (Lipinski definition) is 4. The van der Waals surface area contributed by atoms with E-state index in [9.17, 15) is 0 Å². The van der Waals surface area contributed by atoms with Crippen LogP contribution < -0.4 is 20.1 Å². The van der Waals surface area contributed by atoms with Crippen molar-refractivity contribution < 1.29 is 9.47 Å². The molecule has 0 saturated heterocycles. The first kappa shape index (κ1) is 23.8. The van der Waals surface area contributed by atoms with Crippen molar-refractivity contribution in [1.82, 2.24) is 15.5 Å². The van der Waals surface area contributed by atoms with Crippen molar-refractivity contribution >= 4 is 29.9 Å². The Morgan fingerprint density at radius 3 is 2.32 bits per heavy atom. The van der Waals surface area contributed by atoms with Gasteiger partial charge in [0.25, 0.3) is 0 Å². The molecule has 6 nitrogen and oxygen atoms in total. The average molecular weight is 464 g/mol. The predicted molar refractivity (Wildman–Crippen MR) is 116 cm³/mol. The van der Waals surface area contributed by atoms with Gasteiger partial charge in [0.05, 0.1) is 13.7 Å². The van der Waals surface area contributed by atoms with Gasteiger partial charge in [-0.25, -0.2) is 0 Å². The fourth-order valence-corrected chi connectivity index (χ4v) is 1.89. The quantitative estimate of drug-likeness (QED) is 0.352. The van der Waals surface area contributed by atoms with E-state index in [4.69, 9.17) is 9.47 Å². The number of benzene rings is 1. The van der Waals surface area contributed by atoms with Crippen LogP contribution in [0.4, 0.5) is 0 Å². The SMILES string of the molecule is CN=C(NCC(C)Oc1ccccc1OC)NCC(C)(C)N(C)C.I. The van der Waals surface area contributed by atoms with E-state index in [1.54, 1.807) is 14.2 Å². The van der Waals surface area contributed by atoms with Crippen molar-refractivity contribution in [2.45, 2.75) is 32.4 Å². The maximum absolute atomic E-state index is 5.94. The molecule has 0 saturated carbocycles. The molecule has 1 aromatic rings. The van der Waals surface area contributed by atoms with E-state index in [0.717, 1.165) is 24.0 Å². The number of ether oxygens (including phenoxy) is 2. The second-order valence-electron chi connectivity index (χ2n) is 6.59. The largest absolute Gasteiger partial charge is 0.493 e. The van der Waals surface area contributed by atoms with Gasteiger partial charge in [0.1, 0.15) is 6.10 Å². The number of hydrogen-bond donors (Lipinski definition) is 2. The second-order valence-corrected chi connectivity index (χ2v) is 6.59. The smallest absolute Gasteiger partial charge is 0.191 e. The molecule has 1 rings (SSSR count). The van der Waals surface area contributed by atoms with E-state index < -0.39 is 0 Å². The van der Waals surface area contributed by atoms with Crippen LogP contribution in [0.3, 0.4) is 0 Å². The van der Waals surface area contributed by atoms with Gasteiger partial charge in [0.2, 0.25) is 0 Å². The van der Waals surface area contributed by atoms with Crippen LogP contribution in [0.25, 0.3) is 0 Å². The molecule has 0 bridgehead atoms. The van der Waals surface area contributed by atoms with Crippen LogP contribution in [0.5, 0.6) is 11.5 Å². The summed E-state index contributed by atoms with van der Waals surface area (Å²) < 4.78 is 11.2. The Labute approximate surface area is 169 Å². The summed E-state index contributed by atoms with van der Waals surface area (Å²) in [4.78, 5) is 6.44. The topological polar surface area (TPSA) is 58.1 Å². The predicted octanol–water partition coefficient (Wildman–Crippen LogP) is 2.59. The van der Waals surface area contributed by atoms with Crippen molar-refractivity contribution in [3.8, 4) is 11.5 Å². The minimum Gasteiger partial charge on any atom is -0.493 e. The number of nitrogens with one attached hydrogen (secondary N) is 2. The highest BCUT2D eigenvalue weighted by molar-refractivity contribution is 14.0. The summed E-state index contributed by atoms with van der Waals surface area (Å²) in [6, 6.07) is 7.65. The number of guanidine groups is 1. The highest BCUT2D eigenvalue weighted by Crippen LogP contribution is 2.26. The van der Waals surface area contributed by atoms with Gasteiger partial charge in [-0.1, -0.05) is 12.1 Å². The Hall–Kier alpha value is -1.22. The van der Waals surface area contributed by atoms with Crippen LogP contribution in [0.15, 0.2) is 29.3 Å². The molecule has 0 aliphatic heterocycles. The zero-order valence-corrected chi connectivity index (χ0v) is 18.8. The molecular weight excluding hydrogens is 431 g/mol. The lowest BCUT2D eigenvalue weighted by Crippen LogP contribution is -2.51. The first-order valence-corrected chi connectivity index (χ1v) is 8.21. The molecule has 0 radical (unpaired) electrons. The molecule has 1 aromatic carbocycles. The maximum atomic E-state index is 5.94. The molecule has 1 unspecified atom stereocenters. The summed E-state index contributed by atoms with van der Waals surface area (Å²) in [6.45, 7) is 7.80. The van der Waals surface area contributed by atoms with Crippen LogP contribution in [-0.2, 0) is 0 Å². The van der Waals surface area contributed by atoms with E-state index in [1.807, 2.05) is 31.2 Å². The lowest BCUT2D eigenvalue weighted by atomic mass is 10.0. The normalized spacial score (nSPS) is 13.0. The first-order chi connectivity index (χ1) is 11.3. The fourth-order valence-electron chi connectivity index (χ4n) is 1.89. The van der Waals surface area contributed by atoms with Gasteiger partial charge in [-0.2, -0.15) is 0 Å². The zero-order valence-electron chi connectivity index (χ0n) is 16.4. The Balaban J connectivity index is 0.00000576. The van der Waals surface area contributed by atoms with Crippen molar-refractivity contribution in [2.75, 3.05) is 41.3 Å². The molecular formula is C18H33IN4O2. The van der Waals surface area contributed by atoms with Crippen molar-refractivity contribution in [1.29, 1.82) is 0 Å². The van der Waals surface area contributed by atoms with E-state index in [-0.39, 0.29) is 35.6 Å². The van der Waals surface area contributed by atoms with Gasteiger partial charge in [0, 0.05) is 19.1 Å². The number of aliphatic imine (C=N–C) groups is 1. The van der Waals surface area contributed by atoms with Gasteiger partial charge >= 0.3 is 0 Å². The minimum atomic E-state index is -0.0262. The lowest BCUT2D eigenvalue weighted by Gasteiger charge is -2.33. The number of likely N-dealkylation sites (N-methyl/N-ethyl adjacent to an activating group) is 1. The van der Waals surface area contributed by atoms with Gasteiger partial charge in [0.15, 0.2) is 17.5 Å². The second kappa shape index (κ2) is 11.4. The molecule has 0 spiro atoms. The zero-order chi connectivity index (χ0) is 18.2. The van der Waals surface area contributed by atoms with Crippen molar-refractivity contribution in [2.24, 2.45) is 4.99 Å². The number of rotatable bonds is 8. The van der Waals surface area contributed by atoms with Crippen LogP contribution in [-0.4, -0.2) is 63.8 Å². The Bertz CT molecular complexity index is 536. The van der Waals surface area contributed by atoms with Crippen LogP contribution in [0.2, 0.25) is 0 Å². The molecule has 25 heavy (non-hydrogen) atoms. The molecule has 0 fully saturated rings. The van der Waals surface area contributed by atoms with Gasteiger partial charge in [-0.05, 0) is 47.0 Å². The molecule has 0 heterocycles. The average Bonchev–Trinajstić information content (AvgIpc) is 2.55. The molecule has 0 aromatic heterocycles. The Morgan fingerprint density at radius 1 is 1.20 bits per heavy atom. The highest BCUT2D eigenvalue weighted by atomic mass is 127. The number of nitrogens with zero attached hydrogens (tertiary/aromatic N) is 2. The van der Waals surface area contributed by atoms with Gasteiger partial charge in [-0.15, -0.1) is 24.0 Å². The molecule has 0 amide bonds. The third-order valence-electron chi connectivity index (χ3n) is 4.08. The molecule has 1 atom stereocenters. The van der Waals surface area contributed by atoms with Crippen molar-refractivity contribution in [3.63, 3.8) is 0 Å². The number of halogens is 1. The summed E-state index contributed by atoms with van der Waals surface area (Å²) in [5.41, 5.74) is 0.0388. The molecule has 7 heteroatoms. The van der Waals surface area contributed by atoms with E-state index >= 15 is 0 Å². The summed E-state index contributed by atoms with van der Waals surface area (Å²) in [5.74, 6) is 2.24. The van der Waals surface area contributed by atoms with Crippen LogP contribution >= 0.6 is 24.0 Å². The monoisotopic (exact) mass is 464 g/mol. The molecule has 0 aliphatic carbocycles.